The topological polar surface area (TPSA) is 108 Å². The summed E-state index contributed by atoms with van der Waals surface area (Å²) in [6.45, 7) is 4.67. The molecule has 0 fully saturated rings. The average molecular weight is 883 g/mol. The van der Waals surface area contributed by atoms with Crippen molar-refractivity contribution in [2.45, 2.75) is 264 Å². The Hall–Kier alpha value is -1.02. The Labute approximate surface area is 379 Å². The lowest BCUT2D eigenvalue weighted by molar-refractivity contribution is -0.870. The lowest BCUT2D eigenvalue weighted by Crippen LogP contribution is -2.45. The molecule has 362 valence electrons. The lowest BCUT2D eigenvalue weighted by Gasteiger charge is -2.29. The van der Waals surface area contributed by atoms with E-state index in [2.05, 4.69) is 31.3 Å². The van der Waals surface area contributed by atoms with Gasteiger partial charge in [-0.1, -0.05) is 224 Å². The minimum absolute atomic E-state index is 0.000709. The molecular formula is C52H103N2O6P. The van der Waals surface area contributed by atoms with Crippen molar-refractivity contribution >= 4 is 13.7 Å². The summed E-state index contributed by atoms with van der Waals surface area (Å²) in [5.74, 6) is -0.195. The molecule has 0 aliphatic carbocycles. The summed E-state index contributed by atoms with van der Waals surface area (Å²) in [6.07, 6.45) is 53.8. The van der Waals surface area contributed by atoms with Gasteiger partial charge in [-0.3, -0.25) is 9.36 Å². The molecule has 1 amide bonds. The Morgan fingerprint density at radius 2 is 0.902 bits per heavy atom. The van der Waals surface area contributed by atoms with Gasteiger partial charge in [-0.2, -0.15) is 0 Å². The zero-order chi connectivity index (χ0) is 45.0. The summed E-state index contributed by atoms with van der Waals surface area (Å²) in [5.41, 5.74) is 0. The maximum atomic E-state index is 12.9. The normalized spacial score (nSPS) is 14.3. The number of nitrogens with one attached hydrogen (secondary N) is 1. The van der Waals surface area contributed by atoms with Crippen LogP contribution in [0.4, 0.5) is 0 Å². The van der Waals surface area contributed by atoms with Crippen molar-refractivity contribution in [1.29, 1.82) is 0 Å². The summed E-state index contributed by atoms with van der Waals surface area (Å²) >= 11 is 0. The molecule has 0 aliphatic rings. The Morgan fingerprint density at radius 1 is 0.557 bits per heavy atom. The van der Waals surface area contributed by atoms with Gasteiger partial charge in [-0.25, -0.2) is 0 Å². The van der Waals surface area contributed by atoms with Crippen LogP contribution in [0, 0.1) is 0 Å². The van der Waals surface area contributed by atoms with Crippen molar-refractivity contribution in [3.8, 4) is 0 Å². The van der Waals surface area contributed by atoms with Crippen molar-refractivity contribution in [2.24, 2.45) is 0 Å². The van der Waals surface area contributed by atoms with Gasteiger partial charge >= 0.3 is 0 Å². The number of hydrogen-bond acceptors (Lipinski definition) is 6. The fourth-order valence-corrected chi connectivity index (χ4v) is 8.46. The van der Waals surface area contributed by atoms with Crippen molar-refractivity contribution in [1.82, 2.24) is 5.32 Å². The van der Waals surface area contributed by atoms with Crippen LogP contribution < -0.4 is 10.2 Å². The van der Waals surface area contributed by atoms with Crippen molar-refractivity contribution < 1.29 is 32.9 Å². The monoisotopic (exact) mass is 883 g/mol. The van der Waals surface area contributed by atoms with Gasteiger partial charge in [0.15, 0.2) is 0 Å². The minimum atomic E-state index is -4.59. The second-order valence-corrected chi connectivity index (χ2v) is 20.6. The van der Waals surface area contributed by atoms with E-state index in [1.165, 1.54) is 193 Å². The standard InChI is InChI=1S/C52H103N2O6P/c1-6-8-10-12-14-16-18-20-22-23-24-25-26-27-28-29-30-31-32-34-36-38-40-42-44-46-52(56)53-50(49-60-61(57,58)59-48-47-54(3,4)5)51(55)45-43-41-39-37-35-33-21-19-17-15-13-11-9-7-2/h23-24,43,45,50-51,55H,6-22,25-42,44,46-49H2,1-5H3,(H-,53,56,57,58)/b24-23-,45-43+. The number of aliphatic hydroxyl groups excluding tert-OH is 1. The van der Waals surface area contributed by atoms with Crippen LogP contribution in [-0.2, 0) is 18.4 Å². The molecule has 0 saturated heterocycles. The molecule has 0 aromatic rings. The zero-order valence-corrected chi connectivity index (χ0v) is 42.0. The van der Waals surface area contributed by atoms with Gasteiger partial charge < -0.3 is 28.8 Å². The van der Waals surface area contributed by atoms with Crippen molar-refractivity contribution in [3.63, 3.8) is 0 Å². The van der Waals surface area contributed by atoms with Gasteiger partial charge in [0.2, 0.25) is 5.91 Å². The molecule has 0 aliphatic heterocycles. The van der Waals surface area contributed by atoms with Gasteiger partial charge in [0, 0.05) is 6.42 Å². The van der Waals surface area contributed by atoms with Gasteiger partial charge in [0.05, 0.1) is 39.9 Å². The van der Waals surface area contributed by atoms with E-state index in [9.17, 15) is 19.4 Å². The third-order valence-corrected chi connectivity index (χ3v) is 12.9. The quantitative estimate of drug-likeness (QED) is 0.0273. The maximum Gasteiger partial charge on any atom is 0.268 e. The number of phosphoric ester groups is 1. The third kappa shape index (κ3) is 46.8. The first kappa shape index (κ1) is 60.0. The highest BCUT2D eigenvalue weighted by Gasteiger charge is 2.23. The van der Waals surface area contributed by atoms with Crippen LogP contribution >= 0.6 is 7.82 Å². The number of aliphatic hydroxyl groups is 1. The molecule has 0 aromatic heterocycles. The number of nitrogens with zero attached hydrogens (tertiary/aromatic N) is 1. The predicted molar refractivity (Wildman–Crippen MR) is 261 cm³/mol. The number of rotatable bonds is 48. The maximum absolute atomic E-state index is 12.9. The van der Waals surface area contributed by atoms with Gasteiger partial charge in [0.25, 0.3) is 7.82 Å². The van der Waals surface area contributed by atoms with Gasteiger partial charge in [-0.05, 0) is 44.9 Å². The number of likely N-dealkylation sites (N-methyl/N-ethyl adjacent to an activating group) is 1. The molecule has 0 saturated carbocycles. The summed E-state index contributed by atoms with van der Waals surface area (Å²) in [4.78, 5) is 25.4. The fourth-order valence-electron chi connectivity index (χ4n) is 7.74. The Kier molecular flexibility index (Phi) is 43.5. The molecule has 0 rings (SSSR count). The van der Waals surface area contributed by atoms with E-state index in [0.29, 0.717) is 17.4 Å². The van der Waals surface area contributed by atoms with Crippen LogP contribution in [0.3, 0.4) is 0 Å². The van der Waals surface area contributed by atoms with Crippen LogP contribution in [0.5, 0.6) is 0 Å². The molecule has 9 heteroatoms. The highest BCUT2D eigenvalue weighted by molar-refractivity contribution is 7.45. The molecule has 0 aromatic carbocycles. The van der Waals surface area contributed by atoms with Crippen LogP contribution in [0.1, 0.15) is 251 Å². The molecule has 61 heavy (non-hydrogen) atoms. The van der Waals surface area contributed by atoms with E-state index < -0.39 is 20.0 Å². The summed E-state index contributed by atoms with van der Waals surface area (Å²) in [6, 6.07) is -0.883. The molecule has 0 bridgehead atoms. The van der Waals surface area contributed by atoms with Crippen LogP contribution in [0.25, 0.3) is 0 Å². The molecule has 3 atom stereocenters. The number of carbonyl (C=O) groups is 1. The van der Waals surface area contributed by atoms with E-state index in [1.807, 2.05) is 27.2 Å². The van der Waals surface area contributed by atoms with E-state index >= 15 is 0 Å². The number of carbonyl (C=O) groups excluding carboxylic acids is 1. The van der Waals surface area contributed by atoms with Crippen molar-refractivity contribution in [3.05, 3.63) is 24.3 Å². The van der Waals surface area contributed by atoms with Crippen molar-refractivity contribution in [2.75, 3.05) is 40.9 Å². The Bertz CT molecular complexity index is 1050. The number of allylic oxidation sites excluding steroid dienone is 3. The molecule has 0 radical (unpaired) electrons. The summed E-state index contributed by atoms with van der Waals surface area (Å²) < 4.78 is 23.3. The number of phosphoric acid groups is 1. The average Bonchev–Trinajstić information content (AvgIpc) is 3.21. The number of unbranched alkanes of at least 4 members (excludes halogenated alkanes) is 33. The largest absolute Gasteiger partial charge is 0.756 e. The smallest absolute Gasteiger partial charge is 0.268 e. The van der Waals surface area contributed by atoms with E-state index in [0.717, 1.165) is 38.5 Å². The van der Waals surface area contributed by atoms with Crippen LogP contribution in [0.2, 0.25) is 0 Å². The first-order valence-corrected chi connectivity index (χ1v) is 27.7. The van der Waals surface area contributed by atoms with Crippen LogP contribution in [0.15, 0.2) is 24.3 Å². The summed E-state index contributed by atoms with van der Waals surface area (Å²) in [5, 5.41) is 13.8. The molecule has 2 N–H and O–H groups in total. The molecule has 8 nitrogen and oxygen atoms in total. The number of amides is 1. The first-order chi connectivity index (χ1) is 29.5. The molecular weight excluding hydrogens is 780 g/mol. The Balaban J connectivity index is 4.19. The van der Waals surface area contributed by atoms with E-state index in [1.54, 1.807) is 6.08 Å². The fraction of sp³-hybridized carbons (Fsp3) is 0.904. The SMILES string of the molecule is CCCCCCCCCC/C=C\CCCCCCCCCCCCCCCC(=O)NC(COP(=O)([O-])OCC[N+](C)(C)C)C(O)/C=C/CCCCCCCCCCCCCC. The third-order valence-electron chi connectivity index (χ3n) is 11.9. The van der Waals surface area contributed by atoms with E-state index in [4.69, 9.17) is 9.05 Å². The molecule has 0 spiro atoms. The minimum Gasteiger partial charge on any atom is -0.756 e. The number of quaternary nitrogens is 1. The van der Waals surface area contributed by atoms with Crippen LogP contribution in [-0.4, -0.2) is 68.5 Å². The number of hydrogen-bond donors (Lipinski definition) is 2. The zero-order valence-electron chi connectivity index (χ0n) is 41.1. The van der Waals surface area contributed by atoms with Gasteiger partial charge in [-0.15, -0.1) is 0 Å². The highest BCUT2D eigenvalue weighted by atomic mass is 31.2. The lowest BCUT2D eigenvalue weighted by atomic mass is 10.0. The Morgan fingerprint density at radius 3 is 1.28 bits per heavy atom. The molecule has 3 unspecified atom stereocenters. The highest BCUT2D eigenvalue weighted by Crippen LogP contribution is 2.38. The predicted octanol–water partition coefficient (Wildman–Crippen LogP) is 14.6. The summed E-state index contributed by atoms with van der Waals surface area (Å²) in [7, 11) is 1.27. The second-order valence-electron chi connectivity index (χ2n) is 19.2. The molecule has 0 heterocycles. The van der Waals surface area contributed by atoms with E-state index in [-0.39, 0.29) is 19.1 Å². The first-order valence-electron chi connectivity index (χ1n) is 26.2. The second kappa shape index (κ2) is 44.2. The van der Waals surface area contributed by atoms with Gasteiger partial charge in [0.1, 0.15) is 13.2 Å².